The summed E-state index contributed by atoms with van der Waals surface area (Å²) in [7, 11) is 0. The highest BCUT2D eigenvalue weighted by molar-refractivity contribution is 5.86. The van der Waals surface area contributed by atoms with Crippen LogP contribution >= 0.6 is 0 Å². The highest BCUT2D eigenvalue weighted by Crippen LogP contribution is 2.28. The largest absolute Gasteiger partial charge is 0.480 e. The monoisotopic (exact) mass is 268 g/mol. The molecule has 0 aromatic rings. The van der Waals surface area contributed by atoms with Gasteiger partial charge in [-0.25, -0.2) is 9.59 Å². The van der Waals surface area contributed by atoms with Gasteiger partial charge in [-0.3, -0.25) is 0 Å². The molecule has 2 saturated carbocycles. The fourth-order valence-corrected chi connectivity index (χ4v) is 3.18. The minimum Gasteiger partial charge on any atom is -0.480 e. The molecule has 2 aliphatic carbocycles. The van der Waals surface area contributed by atoms with E-state index in [1.54, 1.807) is 0 Å². The molecule has 5 heteroatoms. The maximum absolute atomic E-state index is 12.0. The summed E-state index contributed by atoms with van der Waals surface area (Å²) < 4.78 is 0. The van der Waals surface area contributed by atoms with Gasteiger partial charge in [0.2, 0.25) is 0 Å². The van der Waals surface area contributed by atoms with Gasteiger partial charge in [0.25, 0.3) is 0 Å². The second kappa shape index (κ2) is 5.80. The number of nitrogens with one attached hydrogen (secondary N) is 2. The number of urea groups is 1. The number of carboxylic acids is 1. The summed E-state index contributed by atoms with van der Waals surface area (Å²) in [5.74, 6) is -0.233. The zero-order valence-electron chi connectivity index (χ0n) is 11.6. The molecule has 0 aromatic carbocycles. The van der Waals surface area contributed by atoms with E-state index in [9.17, 15) is 14.7 Å². The van der Waals surface area contributed by atoms with Gasteiger partial charge in [0, 0.05) is 6.04 Å². The van der Waals surface area contributed by atoms with Gasteiger partial charge < -0.3 is 15.7 Å². The molecule has 2 fully saturated rings. The van der Waals surface area contributed by atoms with E-state index in [1.165, 1.54) is 0 Å². The van der Waals surface area contributed by atoms with Crippen molar-refractivity contribution in [3.8, 4) is 0 Å². The molecule has 2 rings (SSSR count). The molecule has 0 atom stereocenters. The van der Waals surface area contributed by atoms with Crippen LogP contribution in [0.1, 0.15) is 58.3 Å². The fraction of sp³-hybridized carbons (Fsp3) is 0.857. The Kier molecular flexibility index (Phi) is 4.32. The summed E-state index contributed by atoms with van der Waals surface area (Å²) in [5.41, 5.74) is -1.06. The van der Waals surface area contributed by atoms with E-state index in [1.807, 2.05) is 0 Å². The van der Waals surface area contributed by atoms with Crippen LogP contribution in [-0.4, -0.2) is 28.7 Å². The predicted octanol–water partition coefficient (Wildman–Crippen LogP) is 2.26. The normalized spacial score (nSPS) is 29.7. The van der Waals surface area contributed by atoms with Gasteiger partial charge in [-0.05, 0) is 31.6 Å². The summed E-state index contributed by atoms with van der Waals surface area (Å²) in [6.45, 7) is 2.15. The molecule has 2 aliphatic rings. The SMILES string of the molecule is CC1CC(NC(=O)NC2(C(=O)O)CCCCCC2)C1. The molecule has 0 unspecified atom stereocenters. The molecular weight excluding hydrogens is 244 g/mol. The Morgan fingerprint density at radius 1 is 1.11 bits per heavy atom. The molecule has 0 radical (unpaired) electrons. The number of hydrogen-bond donors (Lipinski definition) is 3. The van der Waals surface area contributed by atoms with Gasteiger partial charge in [-0.15, -0.1) is 0 Å². The lowest BCUT2D eigenvalue weighted by Gasteiger charge is -2.35. The molecule has 5 nitrogen and oxygen atoms in total. The van der Waals surface area contributed by atoms with Crippen molar-refractivity contribution in [3.63, 3.8) is 0 Å². The molecule has 19 heavy (non-hydrogen) atoms. The van der Waals surface area contributed by atoms with E-state index in [0.717, 1.165) is 38.5 Å². The summed E-state index contributed by atoms with van der Waals surface area (Å²) >= 11 is 0. The standard InChI is InChI=1S/C14H24N2O3/c1-10-8-11(9-10)15-13(19)16-14(12(17)18)6-4-2-3-5-7-14/h10-11H,2-9H2,1H3,(H,17,18)(H2,15,16,19). The molecule has 0 saturated heterocycles. The second-order valence-corrected chi connectivity index (χ2v) is 6.17. The maximum Gasteiger partial charge on any atom is 0.329 e. The Balaban J connectivity index is 1.91. The molecule has 3 N–H and O–H groups in total. The minimum absolute atomic E-state index is 0.214. The van der Waals surface area contributed by atoms with E-state index < -0.39 is 11.5 Å². The van der Waals surface area contributed by atoms with Crippen LogP contribution in [-0.2, 0) is 4.79 Å². The topological polar surface area (TPSA) is 78.4 Å². The second-order valence-electron chi connectivity index (χ2n) is 6.17. The van der Waals surface area contributed by atoms with Gasteiger partial charge in [-0.2, -0.15) is 0 Å². The third kappa shape index (κ3) is 3.39. The van der Waals surface area contributed by atoms with Crippen LogP contribution in [0, 0.1) is 5.92 Å². The Morgan fingerprint density at radius 2 is 1.68 bits per heavy atom. The minimum atomic E-state index is -1.06. The smallest absolute Gasteiger partial charge is 0.329 e. The van der Waals surface area contributed by atoms with E-state index in [0.29, 0.717) is 18.8 Å². The van der Waals surface area contributed by atoms with E-state index in [-0.39, 0.29) is 12.1 Å². The zero-order valence-corrected chi connectivity index (χ0v) is 11.6. The fourth-order valence-electron chi connectivity index (χ4n) is 3.18. The molecule has 0 heterocycles. The van der Waals surface area contributed by atoms with Gasteiger partial charge >= 0.3 is 12.0 Å². The van der Waals surface area contributed by atoms with Crippen molar-refractivity contribution in [1.82, 2.24) is 10.6 Å². The molecule has 2 amide bonds. The summed E-state index contributed by atoms with van der Waals surface area (Å²) in [6.07, 6.45) is 6.91. The number of hydrogen-bond acceptors (Lipinski definition) is 2. The first-order valence-electron chi connectivity index (χ1n) is 7.34. The third-order valence-corrected chi connectivity index (χ3v) is 4.43. The summed E-state index contributed by atoms with van der Waals surface area (Å²) in [6, 6.07) is -0.104. The Morgan fingerprint density at radius 3 is 2.16 bits per heavy atom. The quantitative estimate of drug-likeness (QED) is 0.687. The highest BCUT2D eigenvalue weighted by atomic mass is 16.4. The lowest BCUT2D eigenvalue weighted by molar-refractivity contribution is -0.145. The first-order chi connectivity index (χ1) is 9.02. The molecule has 108 valence electrons. The first-order valence-corrected chi connectivity index (χ1v) is 7.34. The molecule has 0 spiro atoms. The zero-order chi connectivity index (χ0) is 13.9. The lowest BCUT2D eigenvalue weighted by atomic mass is 9.82. The van der Waals surface area contributed by atoms with Crippen molar-refractivity contribution in [3.05, 3.63) is 0 Å². The number of aliphatic carboxylic acids is 1. The van der Waals surface area contributed by atoms with Gasteiger partial charge in [-0.1, -0.05) is 32.6 Å². The van der Waals surface area contributed by atoms with E-state index in [4.69, 9.17) is 0 Å². The third-order valence-electron chi connectivity index (χ3n) is 4.43. The van der Waals surface area contributed by atoms with E-state index >= 15 is 0 Å². The van der Waals surface area contributed by atoms with Crippen molar-refractivity contribution < 1.29 is 14.7 Å². The Bertz CT molecular complexity index is 343. The van der Waals surface area contributed by atoms with Crippen molar-refractivity contribution in [2.75, 3.05) is 0 Å². The summed E-state index contributed by atoms with van der Waals surface area (Å²) in [4.78, 5) is 23.5. The van der Waals surface area contributed by atoms with Crippen molar-refractivity contribution in [1.29, 1.82) is 0 Å². The van der Waals surface area contributed by atoms with Crippen molar-refractivity contribution in [2.45, 2.75) is 69.9 Å². The van der Waals surface area contributed by atoms with Gasteiger partial charge in [0.1, 0.15) is 5.54 Å². The molecule has 0 aliphatic heterocycles. The van der Waals surface area contributed by atoms with Crippen molar-refractivity contribution in [2.24, 2.45) is 5.92 Å². The van der Waals surface area contributed by atoms with Crippen molar-refractivity contribution >= 4 is 12.0 Å². The number of carbonyl (C=O) groups excluding carboxylic acids is 1. The summed E-state index contributed by atoms with van der Waals surface area (Å²) in [5, 5.41) is 15.1. The number of amides is 2. The van der Waals surface area contributed by atoms with Crippen LogP contribution in [0.4, 0.5) is 4.79 Å². The maximum atomic E-state index is 12.0. The Labute approximate surface area is 114 Å². The number of rotatable bonds is 3. The van der Waals surface area contributed by atoms with Crippen LogP contribution in [0.3, 0.4) is 0 Å². The highest BCUT2D eigenvalue weighted by Gasteiger charge is 2.40. The molecule has 0 aromatic heterocycles. The molecule has 0 bridgehead atoms. The molecular formula is C14H24N2O3. The van der Waals surface area contributed by atoms with Gasteiger partial charge in [0.15, 0.2) is 0 Å². The average molecular weight is 268 g/mol. The van der Waals surface area contributed by atoms with Gasteiger partial charge in [0.05, 0.1) is 0 Å². The van der Waals surface area contributed by atoms with Crippen LogP contribution in [0.2, 0.25) is 0 Å². The predicted molar refractivity (Wildman–Crippen MR) is 71.9 cm³/mol. The van der Waals surface area contributed by atoms with E-state index in [2.05, 4.69) is 17.6 Å². The lowest BCUT2D eigenvalue weighted by Crippen LogP contribution is -2.59. The van der Waals surface area contributed by atoms with Crippen LogP contribution in [0.25, 0.3) is 0 Å². The number of carbonyl (C=O) groups is 2. The van der Waals surface area contributed by atoms with Crippen LogP contribution in [0.15, 0.2) is 0 Å². The first kappa shape index (κ1) is 14.2. The number of carboxylic acid groups (broad SMARTS) is 1. The van der Waals surface area contributed by atoms with Crippen LogP contribution in [0.5, 0.6) is 0 Å². The van der Waals surface area contributed by atoms with Crippen LogP contribution < -0.4 is 10.6 Å². The Hall–Kier alpha value is -1.26. The average Bonchev–Trinajstić information content (AvgIpc) is 2.53.